The van der Waals surface area contributed by atoms with Gasteiger partial charge in [-0.3, -0.25) is 0 Å². The van der Waals surface area contributed by atoms with Gasteiger partial charge >= 0.3 is 0 Å². The predicted molar refractivity (Wildman–Crippen MR) is 88.3 cm³/mol. The van der Waals surface area contributed by atoms with E-state index < -0.39 is 0 Å². The first kappa shape index (κ1) is 16.3. The maximum Gasteiger partial charge on any atom is 0.146 e. The summed E-state index contributed by atoms with van der Waals surface area (Å²) in [4.78, 5) is 2.20. The molecule has 0 spiro atoms. The first-order valence-corrected chi connectivity index (χ1v) is 8.30. The predicted octanol–water partition coefficient (Wildman–Crippen LogP) is 4.37. The Labute approximate surface area is 128 Å². The van der Waals surface area contributed by atoms with Gasteiger partial charge in [0.25, 0.3) is 0 Å². The number of anilines is 1. The Balaban J connectivity index is 2.05. The van der Waals surface area contributed by atoms with Gasteiger partial charge in [-0.1, -0.05) is 26.8 Å². The lowest BCUT2D eigenvalue weighted by Crippen LogP contribution is -2.35. The van der Waals surface area contributed by atoms with Crippen LogP contribution in [0.25, 0.3) is 0 Å². The van der Waals surface area contributed by atoms with Crippen molar-refractivity contribution in [1.29, 1.82) is 0 Å². The molecule has 0 aliphatic carbocycles. The summed E-state index contributed by atoms with van der Waals surface area (Å²) < 4.78 is 14.4. The van der Waals surface area contributed by atoms with E-state index >= 15 is 0 Å². The van der Waals surface area contributed by atoms with Crippen LogP contribution in [0.15, 0.2) is 18.2 Å². The topological polar surface area (TPSA) is 15.3 Å². The zero-order valence-electron chi connectivity index (χ0n) is 13.8. The molecule has 1 unspecified atom stereocenters. The van der Waals surface area contributed by atoms with Crippen molar-refractivity contribution in [1.82, 2.24) is 5.32 Å². The first-order chi connectivity index (χ1) is 10.0. The molecule has 1 aliphatic rings. The molecular weight excluding hydrogens is 263 g/mol. The molecule has 1 aromatic carbocycles. The van der Waals surface area contributed by atoms with Crippen LogP contribution in [0.1, 0.15) is 52.1 Å². The average molecular weight is 292 g/mol. The normalized spacial score (nSPS) is 18.3. The summed E-state index contributed by atoms with van der Waals surface area (Å²) in [7, 11) is 0. The van der Waals surface area contributed by atoms with Gasteiger partial charge in [0.15, 0.2) is 0 Å². The van der Waals surface area contributed by atoms with Gasteiger partial charge in [0.2, 0.25) is 0 Å². The number of hydrogen-bond donors (Lipinski definition) is 1. The molecule has 1 aromatic rings. The van der Waals surface area contributed by atoms with E-state index in [2.05, 4.69) is 44.0 Å². The third kappa shape index (κ3) is 3.97. The smallest absolute Gasteiger partial charge is 0.146 e. The monoisotopic (exact) mass is 292 g/mol. The molecular formula is C18H29FN2. The highest BCUT2D eigenvalue weighted by atomic mass is 19.1. The van der Waals surface area contributed by atoms with Crippen LogP contribution in [-0.4, -0.2) is 19.6 Å². The molecule has 2 rings (SSSR count). The molecule has 3 heteroatoms. The quantitative estimate of drug-likeness (QED) is 0.867. The summed E-state index contributed by atoms with van der Waals surface area (Å²) >= 11 is 0. The molecule has 1 atom stereocenters. The van der Waals surface area contributed by atoms with E-state index in [0.29, 0.717) is 0 Å². The van der Waals surface area contributed by atoms with Crippen LogP contribution in [0.2, 0.25) is 0 Å². The number of rotatable bonds is 5. The molecule has 0 amide bonds. The minimum absolute atomic E-state index is 0.0831. The van der Waals surface area contributed by atoms with E-state index in [1.807, 2.05) is 6.07 Å². The fourth-order valence-corrected chi connectivity index (χ4v) is 3.28. The molecule has 1 fully saturated rings. The van der Waals surface area contributed by atoms with E-state index in [1.165, 1.54) is 12.8 Å². The highest BCUT2D eigenvalue weighted by molar-refractivity contribution is 5.50. The maximum atomic E-state index is 14.4. The van der Waals surface area contributed by atoms with Crippen LogP contribution < -0.4 is 10.2 Å². The van der Waals surface area contributed by atoms with Crippen LogP contribution >= 0.6 is 0 Å². The van der Waals surface area contributed by atoms with Crippen molar-refractivity contribution in [3.05, 3.63) is 29.6 Å². The van der Waals surface area contributed by atoms with Crippen LogP contribution in [0, 0.1) is 17.7 Å². The fourth-order valence-electron chi connectivity index (χ4n) is 3.28. The van der Waals surface area contributed by atoms with Gasteiger partial charge in [0.05, 0.1) is 5.69 Å². The van der Waals surface area contributed by atoms with Crippen LogP contribution in [0.3, 0.4) is 0 Å². The third-order valence-electron chi connectivity index (χ3n) is 4.81. The number of hydrogen-bond acceptors (Lipinski definition) is 2. The molecule has 1 N–H and O–H groups in total. The Morgan fingerprint density at radius 1 is 1.24 bits per heavy atom. The van der Waals surface area contributed by atoms with Crippen LogP contribution in [0.4, 0.5) is 10.1 Å². The summed E-state index contributed by atoms with van der Waals surface area (Å²) in [6.07, 6.45) is 2.35. The largest absolute Gasteiger partial charge is 0.369 e. The van der Waals surface area contributed by atoms with Gasteiger partial charge in [0.1, 0.15) is 5.82 Å². The fraction of sp³-hybridized carbons (Fsp3) is 0.667. The SMILES string of the molecule is CCNC(C)c1ccc(N2CCC(C(C)C)CC2)c(F)c1. The summed E-state index contributed by atoms with van der Waals surface area (Å²) in [5.41, 5.74) is 1.79. The highest BCUT2D eigenvalue weighted by Crippen LogP contribution is 2.30. The summed E-state index contributed by atoms with van der Waals surface area (Å²) in [5.74, 6) is 1.44. The van der Waals surface area contributed by atoms with E-state index in [4.69, 9.17) is 0 Å². The number of halogens is 1. The summed E-state index contributed by atoms with van der Waals surface area (Å²) in [6, 6.07) is 5.90. The number of nitrogens with one attached hydrogen (secondary N) is 1. The lowest BCUT2D eigenvalue weighted by atomic mass is 9.86. The lowest BCUT2D eigenvalue weighted by molar-refractivity contribution is 0.310. The van der Waals surface area contributed by atoms with E-state index in [1.54, 1.807) is 6.07 Å². The standard InChI is InChI=1S/C18H29FN2/c1-5-20-14(4)16-6-7-18(17(19)12-16)21-10-8-15(9-11-21)13(2)3/h6-7,12-15,20H,5,8-11H2,1-4H3. The van der Waals surface area contributed by atoms with Gasteiger partial charge in [-0.05, 0) is 55.8 Å². The second-order valence-electron chi connectivity index (χ2n) is 6.56. The summed E-state index contributed by atoms with van der Waals surface area (Å²) in [5, 5.41) is 3.33. The lowest BCUT2D eigenvalue weighted by Gasteiger charge is -2.35. The van der Waals surface area contributed by atoms with E-state index in [9.17, 15) is 4.39 Å². The van der Waals surface area contributed by atoms with Gasteiger partial charge in [-0.25, -0.2) is 4.39 Å². The number of piperidine rings is 1. The number of nitrogens with zero attached hydrogens (tertiary/aromatic N) is 1. The van der Waals surface area contributed by atoms with E-state index in [-0.39, 0.29) is 11.9 Å². The minimum Gasteiger partial charge on any atom is -0.369 e. The average Bonchev–Trinajstić information content (AvgIpc) is 2.47. The molecule has 0 bridgehead atoms. The van der Waals surface area contributed by atoms with Crippen molar-refractivity contribution >= 4 is 5.69 Å². The Morgan fingerprint density at radius 2 is 1.90 bits per heavy atom. The Kier molecular flexibility index (Phi) is 5.63. The molecule has 21 heavy (non-hydrogen) atoms. The Bertz CT molecular complexity index is 451. The highest BCUT2D eigenvalue weighted by Gasteiger charge is 2.23. The van der Waals surface area contributed by atoms with Gasteiger partial charge in [-0.15, -0.1) is 0 Å². The van der Waals surface area contributed by atoms with Crippen LogP contribution in [-0.2, 0) is 0 Å². The Hall–Kier alpha value is -1.09. The minimum atomic E-state index is -0.0831. The zero-order valence-corrected chi connectivity index (χ0v) is 13.8. The molecule has 1 saturated heterocycles. The Morgan fingerprint density at radius 3 is 2.43 bits per heavy atom. The zero-order chi connectivity index (χ0) is 15.4. The molecule has 0 radical (unpaired) electrons. The molecule has 2 nitrogen and oxygen atoms in total. The van der Waals surface area contributed by atoms with Gasteiger partial charge in [-0.2, -0.15) is 0 Å². The van der Waals surface area contributed by atoms with Crippen molar-refractivity contribution in [2.45, 2.75) is 46.6 Å². The maximum absolute atomic E-state index is 14.4. The summed E-state index contributed by atoms with van der Waals surface area (Å²) in [6.45, 7) is 11.6. The van der Waals surface area contributed by atoms with Crippen molar-refractivity contribution in [2.24, 2.45) is 11.8 Å². The second kappa shape index (κ2) is 7.26. The van der Waals surface area contributed by atoms with Crippen molar-refractivity contribution in [3.63, 3.8) is 0 Å². The molecule has 0 saturated carbocycles. The van der Waals surface area contributed by atoms with Gasteiger partial charge < -0.3 is 10.2 Å². The van der Waals surface area contributed by atoms with Crippen molar-refractivity contribution in [3.8, 4) is 0 Å². The molecule has 118 valence electrons. The van der Waals surface area contributed by atoms with Crippen molar-refractivity contribution in [2.75, 3.05) is 24.5 Å². The third-order valence-corrected chi connectivity index (χ3v) is 4.81. The molecule has 1 aliphatic heterocycles. The van der Waals surface area contributed by atoms with Crippen LogP contribution in [0.5, 0.6) is 0 Å². The molecule has 0 aromatic heterocycles. The number of benzene rings is 1. The molecule has 1 heterocycles. The van der Waals surface area contributed by atoms with Gasteiger partial charge in [0, 0.05) is 19.1 Å². The van der Waals surface area contributed by atoms with Crippen molar-refractivity contribution < 1.29 is 4.39 Å². The first-order valence-electron chi connectivity index (χ1n) is 8.30. The van der Waals surface area contributed by atoms with E-state index in [0.717, 1.165) is 42.7 Å². The second-order valence-corrected chi connectivity index (χ2v) is 6.56.